The second-order valence-corrected chi connectivity index (χ2v) is 9.07. The minimum atomic E-state index is -0.693. The van der Waals surface area contributed by atoms with Crippen molar-refractivity contribution in [2.24, 2.45) is 0 Å². The predicted molar refractivity (Wildman–Crippen MR) is 141 cm³/mol. The van der Waals surface area contributed by atoms with Gasteiger partial charge in [-0.15, -0.1) is 0 Å². The lowest BCUT2D eigenvalue weighted by atomic mass is 10.0. The van der Waals surface area contributed by atoms with Gasteiger partial charge in [0.2, 0.25) is 11.8 Å². The summed E-state index contributed by atoms with van der Waals surface area (Å²) in [7, 11) is 0. The third kappa shape index (κ3) is 7.33. The van der Waals surface area contributed by atoms with E-state index in [0.717, 1.165) is 16.7 Å². The third-order valence-corrected chi connectivity index (χ3v) is 6.28. The molecule has 1 N–H and O–H groups in total. The van der Waals surface area contributed by atoms with E-state index >= 15 is 0 Å². The zero-order valence-electron chi connectivity index (χ0n) is 20.0. The number of amides is 2. The molecule has 1 aromatic heterocycles. The molecular formula is C30H29ClN2O3. The van der Waals surface area contributed by atoms with E-state index in [1.54, 1.807) is 29.4 Å². The standard InChI is InChI=1S/C30H29ClN2O3/c31-26-16-13-25(14-17-26)22-33(29(34)18-15-23-8-3-1-4-9-23)28(20-24-10-5-2-6-11-24)30(35)32-21-27-12-7-19-36-27/h1-14,16-17,19,28H,15,18,20-22H2,(H,32,35)/t28-/m0/s1. The Morgan fingerprint density at radius 1 is 0.806 bits per heavy atom. The Bertz CT molecular complexity index is 1230. The molecule has 0 spiro atoms. The van der Waals surface area contributed by atoms with Crippen molar-refractivity contribution in [3.8, 4) is 0 Å². The monoisotopic (exact) mass is 500 g/mol. The lowest BCUT2D eigenvalue weighted by Crippen LogP contribution is -2.50. The fourth-order valence-electron chi connectivity index (χ4n) is 4.09. The Morgan fingerprint density at radius 3 is 2.11 bits per heavy atom. The van der Waals surface area contributed by atoms with Gasteiger partial charge in [-0.1, -0.05) is 84.4 Å². The molecular weight excluding hydrogens is 472 g/mol. The molecule has 0 radical (unpaired) electrons. The van der Waals surface area contributed by atoms with E-state index in [1.165, 1.54) is 0 Å². The van der Waals surface area contributed by atoms with Gasteiger partial charge < -0.3 is 14.6 Å². The van der Waals surface area contributed by atoms with E-state index in [9.17, 15) is 9.59 Å². The average molecular weight is 501 g/mol. The normalized spacial score (nSPS) is 11.6. The topological polar surface area (TPSA) is 62.6 Å². The summed E-state index contributed by atoms with van der Waals surface area (Å²) in [5.74, 6) is 0.349. The molecule has 2 amide bonds. The van der Waals surface area contributed by atoms with Gasteiger partial charge in [0.1, 0.15) is 11.8 Å². The summed E-state index contributed by atoms with van der Waals surface area (Å²) >= 11 is 6.09. The van der Waals surface area contributed by atoms with Crippen molar-refractivity contribution in [2.45, 2.75) is 38.4 Å². The quantitative estimate of drug-likeness (QED) is 0.282. The van der Waals surface area contributed by atoms with E-state index in [-0.39, 0.29) is 18.4 Å². The SMILES string of the molecule is O=C(NCc1ccco1)[C@H](Cc1ccccc1)N(Cc1ccc(Cl)cc1)C(=O)CCc1ccccc1. The van der Waals surface area contributed by atoms with E-state index in [1.807, 2.05) is 78.9 Å². The van der Waals surface area contributed by atoms with E-state index in [4.69, 9.17) is 16.0 Å². The van der Waals surface area contributed by atoms with Gasteiger partial charge in [0.25, 0.3) is 0 Å². The van der Waals surface area contributed by atoms with E-state index in [0.29, 0.717) is 36.6 Å². The van der Waals surface area contributed by atoms with Crippen LogP contribution >= 0.6 is 11.6 Å². The Kier molecular flexibility index (Phi) is 8.95. The first-order valence-electron chi connectivity index (χ1n) is 12.0. The van der Waals surface area contributed by atoms with Crippen molar-refractivity contribution >= 4 is 23.4 Å². The highest BCUT2D eigenvalue weighted by atomic mass is 35.5. The number of benzene rings is 3. The molecule has 0 unspecified atom stereocenters. The Balaban J connectivity index is 1.60. The van der Waals surface area contributed by atoms with Gasteiger partial charge in [-0.25, -0.2) is 0 Å². The highest BCUT2D eigenvalue weighted by Gasteiger charge is 2.30. The van der Waals surface area contributed by atoms with Crippen LogP contribution in [0.3, 0.4) is 0 Å². The minimum Gasteiger partial charge on any atom is -0.467 e. The number of halogens is 1. The molecule has 36 heavy (non-hydrogen) atoms. The molecule has 1 heterocycles. The average Bonchev–Trinajstić information content (AvgIpc) is 3.44. The highest BCUT2D eigenvalue weighted by Crippen LogP contribution is 2.18. The molecule has 4 rings (SSSR count). The van der Waals surface area contributed by atoms with Crippen molar-refractivity contribution in [3.63, 3.8) is 0 Å². The molecule has 0 saturated carbocycles. The largest absolute Gasteiger partial charge is 0.467 e. The molecule has 0 aliphatic carbocycles. The van der Waals surface area contributed by atoms with Gasteiger partial charge in [0.05, 0.1) is 12.8 Å². The number of carbonyl (C=O) groups is 2. The molecule has 3 aromatic carbocycles. The summed E-state index contributed by atoms with van der Waals surface area (Å²) in [5.41, 5.74) is 2.97. The number of aryl methyl sites for hydroxylation is 1. The van der Waals surface area contributed by atoms with Crippen LogP contribution in [0.25, 0.3) is 0 Å². The van der Waals surface area contributed by atoms with Crippen LogP contribution in [0.5, 0.6) is 0 Å². The Labute approximate surface area is 216 Å². The maximum Gasteiger partial charge on any atom is 0.243 e. The van der Waals surface area contributed by atoms with Crippen molar-refractivity contribution in [3.05, 3.63) is 131 Å². The summed E-state index contributed by atoms with van der Waals surface area (Å²) in [6.45, 7) is 0.556. The van der Waals surface area contributed by atoms with Crippen LogP contribution in [0.4, 0.5) is 0 Å². The molecule has 184 valence electrons. The van der Waals surface area contributed by atoms with E-state index < -0.39 is 6.04 Å². The summed E-state index contributed by atoms with van der Waals surface area (Å²) in [6.07, 6.45) is 2.87. The van der Waals surface area contributed by atoms with Crippen LogP contribution in [0, 0.1) is 0 Å². The van der Waals surface area contributed by atoms with Crippen LogP contribution in [-0.4, -0.2) is 22.8 Å². The molecule has 6 heteroatoms. The fourth-order valence-corrected chi connectivity index (χ4v) is 4.21. The van der Waals surface area contributed by atoms with Gasteiger partial charge >= 0.3 is 0 Å². The number of hydrogen-bond acceptors (Lipinski definition) is 3. The maximum absolute atomic E-state index is 13.7. The third-order valence-electron chi connectivity index (χ3n) is 6.02. The summed E-state index contributed by atoms with van der Waals surface area (Å²) < 4.78 is 5.38. The zero-order valence-corrected chi connectivity index (χ0v) is 20.7. The van der Waals surface area contributed by atoms with E-state index in [2.05, 4.69) is 5.32 Å². The van der Waals surface area contributed by atoms with Crippen LogP contribution in [0.15, 0.2) is 108 Å². The minimum absolute atomic E-state index is 0.0807. The first-order chi connectivity index (χ1) is 17.6. The smallest absolute Gasteiger partial charge is 0.243 e. The number of nitrogens with one attached hydrogen (secondary N) is 1. The molecule has 4 aromatic rings. The summed E-state index contributed by atoms with van der Waals surface area (Å²) in [4.78, 5) is 28.9. The summed E-state index contributed by atoms with van der Waals surface area (Å²) in [6, 6.07) is 29.9. The van der Waals surface area contributed by atoms with Crippen molar-refractivity contribution in [1.82, 2.24) is 10.2 Å². The lowest BCUT2D eigenvalue weighted by Gasteiger charge is -2.31. The zero-order chi connectivity index (χ0) is 25.2. The molecule has 0 fully saturated rings. The number of carbonyl (C=O) groups excluding carboxylic acids is 2. The highest BCUT2D eigenvalue weighted by molar-refractivity contribution is 6.30. The van der Waals surface area contributed by atoms with Gasteiger partial charge in [-0.3, -0.25) is 9.59 Å². The maximum atomic E-state index is 13.7. The lowest BCUT2D eigenvalue weighted by molar-refractivity contribution is -0.141. The molecule has 1 atom stereocenters. The molecule has 0 aliphatic rings. The predicted octanol–water partition coefficient (Wildman–Crippen LogP) is 5.82. The molecule has 0 aliphatic heterocycles. The number of furan rings is 1. The first kappa shape index (κ1) is 25.3. The van der Waals surface area contributed by atoms with Crippen molar-refractivity contribution in [2.75, 3.05) is 0 Å². The van der Waals surface area contributed by atoms with Crippen molar-refractivity contribution < 1.29 is 14.0 Å². The fraction of sp³-hybridized carbons (Fsp3) is 0.200. The van der Waals surface area contributed by atoms with Gasteiger partial charge in [-0.2, -0.15) is 0 Å². The second-order valence-electron chi connectivity index (χ2n) is 8.64. The molecule has 0 bridgehead atoms. The molecule has 5 nitrogen and oxygen atoms in total. The first-order valence-corrected chi connectivity index (χ1v) is 12.4. The second kappa shape index (κ2) is 12.8. The van der Waals surface area contributed by atoms with Crippen LogP contribution in [0.2, 0.25) is 5.02 Å². The van der Waals surface area contributed by atoms with Crippen LogP contribution in [0.1, 0.15) is 28.9 Å². The van der Waals surface area contributed by atoms with Crippen LogP contribution in [-0.2, 0) is 35.5 Å². The summed E-state index contributed by atoms with van der Waals surface area (Å²) in [5, 5.41) is 3.58. The van der Waals surface area contributed by atoms with Crippen molar-refractivity contribution in [1.29, 1.82) is 0 Å². The number of hydrogen-bond donors (Lipinski definition) is 1. The number of nitrogens with zero attached hydrogens (tertiary/aromatic N) is 1. The van der Waals surface area contributed by atoms with Gasteiger partial charge in [-0.05, 0) is 47.4 Å². The Morgan fingerprint density at radius 2 is 1.47 bits per heavy atom. The van der Waals surface area contributed by atoms with Gasteiger partial charge in [0, 0.05) is 24.4 Å². The number of rotatable bonds is 11. The van der Waals surface area contributed by atoms with Gasteiger partial charge in [0.15, 0.2) is 0 Å². The molecule has 0 saturated heterocycles. The van der Waals surface area contributed by atoms with Crippen LogP contribution < -0.4 is 5.32 Å². The Hall–Kier alpha value is -3.83.